The van der Waals surface area contributed by atoms with Crippen LogP contribution in [0.1, 0.15) is 28.8 Å². The summed E-state index contributed by atoms with van der Waals surface area (Å²) < 4.78 is 40.0. The van der Waals surface area contributed by atoms with E-state index in [1.807, 2.05) is 30.3 Å². The topological polar surface area (TPSA) is 49.4 Å². The first-order valence-corrected chi connectivity index (χ1v) is 10.8. The fourth-order valence-electron chi connectivity index (χ4n) is 3.79. The standard InChI is InChI=1S/C23H21F3N2O2S/c24-23(25,26)18-6-3-4-15(10-18)13-28-14-17(8-9-21(28)29)22(30)27-12-19-11-16-5-1-2-7-20(16)31-19/h1-7,10-11,17H,8-9,12-14H2,(H,27,30)/t17-/m1/s1. The maximum absolute atomic E-state index is 13.0. The molecule has 8 heteroatoms. The van der Waals surface area contributed by atoms with Crippen LogP contribution in [-0.4, -0.2) is 23.3 Å². The molecule has 0 aliphatic carbocycles. The number of nitrogens with zero attached hydrogens (tertiary/aromatic N) is 1. The smallest absolute Gasteiger partial charge is 0.351 e. The number of benzene rings is 2. The Labute approximate surface area is 181 Å². The van der Waals surface area contributed by atoms with E-state index in [-0.39, 0.29) is 37.2 Å². The van der Waals surface area contributed by atoms with Crippen LogP contribution in [-0.2, 0) is 28.9 Å². The number of hydrogen-bond acceptors (Lipinski definition) is 3. The first kappa shape index (κ1) is 21.4. The van der Waals surface area contributed by atoms with E-state index in [1.165, 1.54) is 11.0 Å². The van der Waals surface area contributed by atoms with E-state index in [0.717, 1.165) is 27.1 Å². The highest BCUT2D eigenvalue weighted by Crippen LogP contribution is 2.30. The average Bonchev–Trinajstić information content (AvgIpc) is 3.16. The van der Waals surface area contributed by atoms with Gasteiger partial charge in [-0.2, -0.15) is 13.2 Å². The summed E-state index contributed by atoms with van der Waals surface area (Å²) in [6.07, 6.45) is -3.78. The monoisotopic (exact) mass is 446 g/mol. The van der Waals surface area contributed by atoms with E-state index in [1.54, 1.807) is 17.4 Å². The number of piperidine rings is 1. The lowest BCUT2D eigenvalue weighted by molar-refractivity contribution is -0.139. The molecule has 1 saturated heterocycles. The Morgan fingerprint density at radius 1 is 1.13 bits per heavy atom. The molecule has 31 heavy (non-hydrogen) atoms. The zero-order valence-electron chi connectivity index (χ0n) is 16.6. The maximum Gasteiger partial charge on any atom is 0.416 e. The van der Waals surface area contributed by atoms with Crippen molar-refractivity contribution in [3.05, 3.63) is 70.6 Å². The highest BCUT2D eigenvalue weighted by molar-refractivity contribution is 7.19. The molecule has 4 rings (SSSR count). The molecule has 2 amide bonds. The molecule has 0 saturated carbocycles. The molecule has 1 N–H and O–H groups in total. The summed E-state index contributed by atoms with van der Waals surface area (Å²) in [6.45, 7) is 0.673. The number of thiophene rings is 1. The van der Waals surface area contributed by atoms with Gasteiger partial charge in [0.05, 0.1) is 18.0 Å². The van der Waals surface area contributed by atoms with Crippen LogP contribution in [0.5, 0.6) is 0 Å². The Hall–Kier alpha value is -2.87. The highest BCUT2D eigenvalue weighted by Gasteiger charge is 2.32. The van der Waals surface area contributed by atoms with Crippen LogP contribution >= 0.6 is 11.3 Å². The van der Waals surface area contributed by atoms with Crippen molar-refractivity contribution < 1.29 is 22.8 Å². The second-order valence-electron chi connectivity index (χ2n) is 7.68. The molecule has 1 aliphatic heterocycles. The number of fused-ring (bicyclic) bond motifs is 1. The zero-order valence-corrected chi connectivity index (χ0v) is 17.4. The van der Waals surface area contributed by atoms with Gasteiger partial charge in [-0.1, -0.05) is 30.3 Å². The normalized spacial score (nSPS) is 17.2. The minimum atomic E-state index is -4.43. The van der Waals surface area contributed by atoms with Crippen molar-refractivity contribution in [2.24, 2.45) is 5.92 Å². The number of alkyl halides is 3. The van der Waals surface area contributed by atoms with E-state index >= 15 is 0 Å². The van der Waals surface area contributed by atoms with Crippen LogP contribution < -0.4 is 5.32 Å². The summed E-state index contributed by atoms with van der Waals surface area (Å²) in [5.74, 6) is -0.664. The second-order valence-corrected chi connectivity index (χ2v) is 8.84. The Kier molecular flexibility index (Phi) is 6.00. The molecule has 1 atom stereocenters. The maximum atomic E-state index is 13.0. The lowest BCUT2D eigenvalue weighted by Crippen LogP contribution is -2.45. The second kappa shape index (κ2) is 8.70. The molecule has 0 spiro atoms. The number of carbonyl (C=O) groups excluding carboxylic acids is 2. The highest BCUT2D eigenvalue weighted by atomic mass is 32.1. The third kappa shape index (κ3) is 5.07. The molecular formula is C23H21F3N2O2S. The largest absolute Gasteiger partial charge is 0.416 e. The van der Waals surface area contributed by atoms with E-state index in [0.29, 0.717) is 18.5 Å². The number of likely N-dealkylation sites (tertiary alicyclic amines) is 1. The minimum absolute atomic E-state index is 0.0584. The van der Waals surface area contributed by atoms with Crippen LogP contribution in [0.25, 0.3) is 10.1 Å². The summed E-state index contributed by atoms with van der Waals surface area (Å²) in [6, 6.07) is 15.0. The third-order valence-corrected chi connectivity index (χ3v) is 6.53. The number of nitrogens with one attached hydrogen (secondary N) is 1. The fraction of sp³-hybridized carbons (Fsp3) is 0.304. The molecule has 1 aliphatic rings. The number of carbonyl (C=O) groups is 2. The third-order valence-electron chi connectivity index (χ3n) is 5.41. The SMILES string of the molecule is O=C(NCc1cc2ccccc2s1)[C@@H]1CCC(=O)N(Cc2cccc(C(F)(F)F)c2)C1. The number of amides is 2. The molecule has 0 radical (unpaired) electrons. The molecule has 4 nitrogen and oxygen atoms in total. The fourth-order valence-corrected chi connectivity index (χ4v) is 4.79. The first-order valence-electron chi connectivity index (χ1n) is 9.98. The predicted octanol–water partition coefficient (Wildman–Crippen LogP) is 4.98. The van der Waals surface area contributed by atoms with Gasteiger partial charge >= 0.3 is 6.18 Å². The number of rotatable bonds is 5. The van der Waals surface area contributed by atoms with Crippen molar-refractivity contribution in [3.63, 3.8) is 0 Å². The van der Waals surface area contributed by atoms with Gasteiger partial charge in [0.25, 0.3) is 0 Å². The summed E-state index contributed by atoms with van der Waals surface area (Å²) in [7, 11) is 0. The first-order chi connectivity index (χ1) is 14.8. The molecular weight excluding hydrogens is 425 g/mol. The van der Waals surface area contributed by atoms with E-state index in [4.69, 9.17) is 0 Å². The molecule has 2 aromatic carbocycles. The van der Waals surface area contributed by atoms with Crippen LogP contribution in [0, 0.1) is 5.92 Å². The molecule has 1 aromatic heterocycles. The van der Waals surface area contributed by atoms with Gasteiger partial charge in [-0.25, -0.2) is 0 Å². The summed E-state index contributed by atoms with van der Waals surface area (Å²) in [4.78, 5) is 27.5. The zero-order chi connectivity index (χ0) is 22.0. The van der Waals surface area contributed by atoms with Crippen LogP contribution in [0.2, 0.25) is 0 Å². The lowest BCUT2D eigenvalue weighted by Gasteiger charge is -2.32. The molecule has 3 aromatic rings. The number of hydrogen-bond donors (Lipinski definition) is 1. The van der Waals surface area contributed by atoms with Crippen molar-refractivity contribution in [3.8, 4) is 0 Å². The Morgan fingerprint density at radius 3 is 2.71 bits per heavy atom. The Morgan fingerprint density at radius 2 is 1.94 bits per heavy atom. The van der Waals surface area contributed by atoms with Crippen molar-refractivity contribution in [2.75, 3.05) is 6.54 Å². The van der Waals surface area contributed by atoms with Crippen molar-refractivity contribution >= 4 is 33.2 Å². The van der Waals surface area contributed by atoms with Gasteiger partial charge in [-0.05, 0) is 41.6 Å². The van der Waals surface area contributed by atoms with Gasteiger partial charge < -0.3 is 10.2 Å². The van der Waals surface area contributed by atoms with E-state index in [2.05, 4.69) is 5.32 Å². The van der Waals surface area contributed by atoms with Gasteiger partial charge in [0.1, 0.15) is 0 Å². The average molecular weight is 446 g/mol. The van der Waals surface area contributed by atoms with Crippen LogP contribution in [0.15, 0.2) is 54.6 Å². The molecule has 162 valence electrons. The van der Waals surface area contributed by atoms with Gasteiger partial charge in [-0.15, -0.1) is 11.3 Å². The minimum Gasteiger partial charge on any atom is -0.351 e. The van der Waals surface area contributed by atoms with Crippen LogP contribution in [0.4, 0.5) is 13.2 Å². The predicted molar refractivity (Wildman–Crippen MR) is 113 cm³/mol. The lowest BCUT2D eigenvalue weighted by atomic mass is 9.96. The molecule has 2 heterocycles. The van der Waals surface area contributed by atoms with E-state index in [9.17, 15) is 22.8 Å². The summed E-state index contributed by atoms with van der Waals surface area (Å²) in [5.41, 5.74) is -0.346. The molecule has 1 fully saturated rings. The summed E-state index contributed by atoms with van der Waals surface area (Å²) in [5, 5.41) is 4.07. The van der Waals surface area contributed by atoms with Gasteiger partial charge in [0.15, 0.2) is 0 Å². The Bertz CT molecular complexity index is 1080. The summed E-state index contributed by atoms with van der Waals surface area (Å²) >= 11 is 1.62. The number of halogens is 3. The van der Waals surface area contributed by atoms with Crippen LogP contribution in [0.3, 0.4) is 0 Å². The Balaban J connectivity index is 1.37. The van der Waals surface area contributed by atoms with Crippen molar-refractivity contribution in [1.29, 1.82) is 0 Å². The van der Waals surface area contributed by atoms with E-state index < -0.39 is 11.7 Å². The van der Waals surface area contributed by atoms with Gasteiger partial charge in [0.2, 0.25) is 11.8 Å². The quantitative estimate of drug-likeness (QED) is 0.601. The van der Waals surface area contributed by atoms with Gasteiger partial charge in [-0.3, -0.25) is 9.59 Å². The van der Waals surface area contributed by atoms with Crippen molar-refractivity contribution in [2.45, 2.75) is 32.1 Å². The van der Waals surface area contributed by atoms with Crippen molar-refractivity contribution in [1.82, 2.24) is 10.2 Å². The van der Waals surface area contributed by atoms with Gasteiger partial charge in [0, 0.05) is 29.1 Å². The molecule has 0 bridgehead atoms. The molecule has 0 unspecified atom stereocenters.